The van der Waals surface area contributed by atoms with Crippen LogP contribution in [0.25, 0.3) is 0 Å². The number of carbonyl (C=O) groups is 3. The van der Waals surface area contributed by atoms with Gasteiger partial charge in [0.25, 0.3) is 5.91 Å². The number of pyridine rings is 1. The summed E-state index contributed by atoms with van der Waals surface area (Å²) in [4.78, 5) is 39.0. The molecule has 1 unspecified atom stereocenters. The topological polar surface area (TPSA) is 67.3 Å². The van der Waals surface area contributed by atoms with E-state index in [4.69, 9.17) is 0 Å². The third-order valence-electron chi connectivity index (χ3n) is 2.57. The standard InChI is InChI=1S/C11H10N2O3/c1-7(15)13-9(4-6-14)10-8(11(13)16)3-2-5-12-10/h2-3,5-6,9H,4H2,1H3. The minimum Gasteiger partial charge on any atom is -0.303 e. The van der Waals surface area contributed by atoms with Crippen molar-refractivity contribution in [3.05, 3.63) is 29.6 Å². The quantitative estimate of drug-likeness (QED) is 0.686. The Kier molecular flexibility index (Phi) is 2.52. The van der Waals surface area contributed by atoms with Crippen LogP contribution in [0.3, 0.4) is 0 Å². The summed E-state index contributed by atoms with van der Waals surface area (Å²) in [5, 5.41) is 0. The number of hydrogen-bond acceptors (Lipinski definition) is 4. The highest BCUT2D eigenvalue weighted by molar-refractivity contribution is 6.08. The molecule has 2 amide bonds. The number of hydrogen-bond donors (Lipinski definition) is 0. The molecule has 16 heavy (non-hydrogen) atoms. The first kappa shape index (κ1) is 10.5. The lowest BCUT2D eigenvalue weighted by Crippen LogP contribution is -2.32. The van der Waals surface area contributed by atoms with Gasteiger partial charge < -0.3 is 4.79 Å². The average Bonchev–Trinajstić information content (AvgIpc) is 2.54. The fraction of sp³-hybridized carbons (Fsp3) is 0.273. The Labute approximate surface area is 92.1 Å². The molecule has 0 fully saturated rings. The summed E-state index contributed by atoms with van der Waals surface area (Å²) in [6, 6.07) is 2.71. The van der Waals surface area contributed by atoms with Gasteiger partial charge in [-0.1, -0.05) is 0 Å². The van der Waals surface area contributed by atoms with Crippen molar-refractivity contribution in [3.63, 3.8) is 0 Å². The van der Waals surface area contributed by atoms with Gasteiger partial charge in [0.2, 0.25) is 5.91 Å². The van der Waals surface area contributed by atoms with E-state index >= 15 is 0 Å². The lowest BCUT2D eigenvalue weighted by atomic mass is 10.1. The monoisotopic (exact) mass is 218 g/mol. The summed E-state index contributed by atoms with van der Waals surface area (Å²) in [6.45, 7) is 1.31. The van der Waals surface area contributed by atoms with Gasteiger partial charge in [0, 0.05) is 19.5 Å². The van der Waals surface area contributed by atoms with Gasteiger partial charge in [0.15, 0.2) is 0 Å². The first-order valence-electron chi connectivity index (χ1n) is 4.89. The zero-order chi connectivity index (χ0) is 11.7. The first-order valence-corrected chi connectivity index (χ1v) is 4.89. The molecule has 82 valence electrons. The number of fused-ring (bicyclic) bond motifs is 1. The molecular weight excluding hydrogens is 208 g/mol. The number of nitrogens with zero attached hydrogens (tertiary/aromatic N) is 2. The summed E-state index contributed by atoms with van der Waals surface area (Å²) < 4.78 is 0. The fourth-order valence-corrected chi connectivity index (χ4v) is 1.93. The largest absolute Gasteiger partial charge is 0.303 e. The molecule has 5 nitrogen and oxygen atoms in total. The summed E-state index contributed by atoms with van der Waals surface area (Å²) in [7, 11) is 0. The zero-order valence-electron chi connectivity index (χ0n) is 8.71. The van der Waals surface area contributed by atoms with Gasteiger partial charge in [0.05, 0.1) is 17.3 Å². The molecule has 0 aromatic carbocycles. The van der Waals surface area contributed by atoms with E-state index in [1.807, 2.05) is 0 Å². The molecule has 1 atom stereocenters. The summed E-state index contributed by atoms with van der Waals surface area (Å²) >= 11 is 0. The van der Waals surface area contributed by atoms with Crippen LogP contribution in [0.1, 0.15) is 35.4 Å². The smallest absolute Gasteiger partial charge is 0.263 e. The number of amides is 2. The fourth-order valence-electron chi connectivity index (χ4n) is 1.93. The normalized spacial score (nSPS) is 18.4. The van der Waals surface area contributed by atoms with Gasteiger partial charge in [-0.25, -0.2) is 0 Å². The molecule has 1 aromatic heterocycles. The second-order valence-corrected chi connectivity index (χ2v) is 3.55. The van der Waals surface area contributed by atoms with Gasteiger partial charge in [-0.3, -0.25) is 19.5 Å². The lowest BCUT2D eigenvalue weighted by Gasteiger charge is -2.19. The van der Waals surface area contributed by atoms with Crippen LogP contribution in [0.4, 0.5) is 0 Å². The predicted molar refractivity (Wildman–Crippen MR) is 54.5 cm³/mol. The van der Waals surface area contributed by atoms with E-state index in [2.05, 4.69) is 4.98 Å². The summed E-state index contributed by atoms with van der Waals surface area (Å²) in [6.07, 6.45) is 2.33. The van der Waals surface area contributed by atoms with Crippen LogP contribution in [-0.2, 0) is 9.59 Å². The van der Waals surface area contributed by atoms with E-state index < -0.39 is 6.04 Å². The highest BCUT2D eigenvalue weighted by Crippen LogP contribution is 2.33. The van der Waals surface area contributed by atoms with Crippen molar-refractivity contribution in [2.45, 2.75) is 19.4 Å². The van der Waals surface area contributed by atoms with Crippen molar-refractivity contribution in [1.29, 1.82) is 0 Å². The van der Waals surface area contributed by atoms with Crippen molar-refractivity contribution in [2.24, 2.45) is 0 Å². The van der Waals surface area contributed by atoms with Gasteiger partial charge in [0.1, 0.15) is 6.29 Å². The molecule has 0 spiro atoms. The second kappa shape index (κ2) is 3.84. The number of rotatable bonds is 2. The number of carbonyl (C=O) groups excluding carboxylic acids is 3. The SMILES string of the molecule is CC(=O)N1C(=O)c2cccnc2C1CC=O. The van der Waals surface area contributed by atoms with Crippen LogP contribution in [0.15, 0.2) is 18.3 Å². The van der Waals surface area contributed by atoms with Crippen LogP contribution in [0.2, 0.25) is 0 Å². The van der Waals surface area contributed by atoms with E-state index in [-0.39, 0.29) is 18.2 Å². The van der Waals surface area contributed by atoms with Crippen LogP contribution in [0, 0.1) is 0 Å². The lowest BCUT2D eigenvalue weighted by molar-refractivity contribution is -0.128. The Balaban J connectivity index is 2.51. The molecule has 2 heterocycles. The Bertz CT molecular complexity index is 470. The average molecular weight is 218 g/mol. The minimum absolute atomic E-state index is 0.0926. The van der Waals surface area contributed by atoms with Crippen LogP contribution < -0.4 is 0 Å². The number of aromatic nitrogens is 1. The molecule has 0 saturated carbocycles. The number of aldehydes is 1. The Hall–Kier alpha value is -2.04. The van der Waals surface area contributed by atoms with Crippen molar-refractivity contribution in [3.8, 4) is 0 Å². The maximum absolute atomic E-state index is 11.9. The van der Waals surface area contributed by atoms with E-state index in [1.165, 1.54) is 6.92 Å². The number of imide groups is 1. The molecule has 2 rings (SSSR count). The Morgan fingerprint density at radius 2 is 2.38 bits per heavy atom. The van der Waals surface area contributed by atoms with Gasteiger partial charge in [-0.05, 0) is 12.1 Å². The van der Waals surface area contributed by atoms with Crippen molar-refractivity contribution < 1.29 is 14.4 Å². The van der Waals surface area contributed by atoms with Crippen molar-refractivity contribution in [1.82, 2.24) is 9.88 Å². The third-order valence-corrected chi connectivity index (χ3v) is 2.57. The molecule has 0 radical (unpaired) electrons. The van der Waals surface area contributed by atoms with Crippen molar-refractivity contribution >= 4 is 18.1 Å². The Morgan fingerprint density at radius 1 is 1.62 bits per heavy atom. The van der Waals surface area contributed by atoms with Crippen LogP contribution in [0.5, 0.6) is 0 Å². The van der Waals surface area contributed by atoms with Gasteiger partial charge >= 0.3 is 0 Å². The molecule has 5 heteroatoms. The first-order chi connectivity index (χ1) is 7.66. The maximum atomic E-state index is 11.9. The van der Waals surface area contributed by atoms with Gasteiger partial charge in [-0.15, -0.1) is 0 Å². The zero-order valence-corrected chi connectivity index (χ0v) is 8.71. The highest BCUT2D eigenvalue weighted by Gasteiger charge is 2.39. The maximum Gasteiger partial charge on any atom is 0.263 e. The summed E-state index contributed by atoms with van der Waals surface area (Å²) in [5.74, 6) is -0.739. The van der Waals surface area contributed by atoms with E-state index in [0.717, 1.165) is 4.90 Å². The molecule has 0 N–H and O–H groups in total. The second-order valence-electron chi connectivity index (χ2n) is 3.55. The highest BCUT2D eigenvalue weighted by atomic mass is 16.2. The Morgan fingerprint density at radius 3 is 3.00 bits per heavy atom. The molecule has 1 aliphatic rings. The molecule has 0 saturated heterocycles. The van der Waals surface area contributed by atoms with Crippen molar-refractivity contribution in [2.75, 3.05) is 0 Å². The molecule has 0 aliphatic carbocycles. The molecule has 1 aromatic rings. The molecule has 1 aliphatic heterocycles. The molecule has 0 bridgehead atoms. The predicted octanol–water partition coefficient (Wildman–Crippen LogP) is 0.714. The molecular formula is C11H10N2O3. The summed E-state index contributed by atoms with van der Waals surface area (Å²) in [5.41, 5.74) is 0.916. The van der Waals surface area contributed by atoms with Crippen LogP contribution in [-0.4, -0.2) is 28.0 Å². The third kappa shape index (κ3) is 1.41. The minimum atomic E-state index is -0.543. The van der Waals surface area contributed by atoms with E-state index in [1.54, 1.807) is 18.3 Å². The van der Waals surface area contributed by atoms with E-state index in [9.17, 15) is 14.4 Å². The van der Waals surface area contributed by atoms with Gasteiger partial charge in [-0.2, -0.15) is 0 Å². The van der Waals surface area contributed by atoms with Crippen LogP contribution >= 0.6 is 0 Å². The van der Waals surface area contributed by atoms with E-state index in [0.29, 0.717) is 17.5 Å².